The van der Waals surface area contributed by atoms with Crippen molar-refractivity contribution in [2.45, 2.75) is 6.42 Å². The number of nitrogens with one attached hydrogen (secondary N) is 1. The number of rotatable bonds is 5. The van der Waals surface area contributed by atoms with E-state index in [0.29, 0.717) is 30.1 Å². The number of carbonyl (C=O) groups excluding carboxylic acids is 1. The van der Waals surface area contributed by atoms with Crippen LogP contribution in [0.15, 0.2) is 29.4 Å². The third kappa shape index (κ3) is 4.21. The van der Waals surface area contributed by atoms with Crippen molar-refractivity contribution in [2.24, 2.45) is 5.11 Å². The molecule has 0 heterocycles. The van der Waals surface area contributed by atoms with Crippen molar-refractivity contribution in [2.75, 3.05) is 13.1 Å². The molecule has 0 atom stereocenters. The maximum atomic E-state index is 11.5. The molecule has 1 aromatic carbocycles. The molecule has 0 aliphatic heterocycles. The average Bonchev–Trinajstić information content (AvgIpc) is 2.29. The van der Waals surface area contributed by atoms with Crippen LogP contribution in [0.4, 0.5) is 0 Å². The minimum atomic E-state index is -0.155. The molecule has 0 saturated heterocycles. The first-order chi connectivity index (χ1) is 7.74. The van der Waals surface area contributed by atoms with Gasteiger partial charge in [-0.3, -0.25) is 4.79 Å². The Morgan fingerprint density at radius 3 is 2.75 bits per heavy atom. The standard InChI is InChI=1S/C10H11ClN4O/c11-9-4-2-8(3-5-9)10(16)13-6-1-7-14-15-12/h2-5H,1,6-7H2,(H,13,16). The van der Waals surface area contributed by atoms with Crippen LogP contribution in [0.3, 0.4) is 0 Å². The number of azide groups is 1. The number of hydrogen-bond acceptors (Lipinski definition) is 2. The fourth-order valence-electron chi connectivity index (χ4n) is 1.10. The van der Waals surface area contributed by atoms with Gasteiger partial charge in [-0.25, -0.2) is 0 Å². The van der Waals surface area contributed by atoms with Crippen LogP contribution in [-0.2, 0) is 0 Å². The van der Waals surface area contributed by atoms with Gasteiger partial charge in [-0.05, 0) is 36.2 Å². The molecule has 0 spiro atoms. The van der Waals surface area contributed by atoms with E-state index >= 15 is 0 Å². The molecule has 5 nitrogen and oxygen atoms in total. The van der Waals surface area contributed by atoms with E-state index in [2.05, 4.69) is 15.3 Å². The Kier molecular flexibility index (Phi) is 5.19. The summed E-state index contributed by atoms with van der Waals surface area (Å²) in [5.74, 6) is -0.155. The Morgan fingerprint density at radius 2 is 2.12 bits per heavy atom. The molecule has 1 aromatic rings. The molecule has 0 radical (unpaired) electrons. The minimum Gasteiger partial charge on any atom is -0.352 e. The molecule has 6 heteroatoms. The SMILES string of the molecule is [N-]=[N+]=NCCCNC(=O)c1ccc(Cl)cc1. The van der Waals surface area contributed by atoms with E-state index in [1.165, 1.54) is 0 Å². The van der Waals surface area contributed by atoms with Crippen molar-refractivity contribution >= 4 is 17.5 Å². The lowest BCUT2D eigenvalue weighted by Gasteiger charge is -2.03. The second-order valence-electron chi connectivity index (χ2n) is 3.07. The van der Waals surface area contributed by atoms with Gasteiger partial charge >= 0.3 is 0 Å². The van der Waals surface area contributed by atoms with E-state index in [-0.39, 0.29) is 5.91 Å². The minimum absolute atomic E-state index is 0.155. The quantitative estimate of drug-likeness (QED) is 0.364. The van der Waals surface area contributed by atoms with Crippen molar-refractivity contribution < 1.29 is 4.79 Å². The molecule has 1 amide bonds. The second kappa shape index (κ2) is 6.71. The van der Waals surface area contributed by atoms with Gasteiger partial charge in [0.15, 0.2) is 0 Å². The summed E-state index contributed by atoms with van der Waals surface area (Å²) in [7, 11) is 0. The highest BCUT2D eigenvalue weighted by Crippen LogP contribution is 2.09. The van der Waals surface area contributed by atoms with Crippen LogP contribution < -0.4 is 5.32 Å². The number of nitrogens with zero attached hydrogens (tertiary/aromatic N) is 3. The fourth-order valence-corrected chi connectivity index (χ4v) is 1.23. The summed E-state index contributed by atoms with van der Waals surface area (Å²) in [6.45, 7) is 0.873. The van der Waals surface area contributed by atoms with Gasteiger partial charge in [-0.1, -0.05) is 16.7 Å². The molecule has 84 valence electrons. The summed E-state index contributed by atoms with van der Waals surface area (Å²) in [5.41, 5.74) is 8.60. The van der Waals surface area contributed by atoms with E-state index in [9.17, 15) is 4.79 Å². The Morgan fingerprint density at radius 1 is 1.44 bits per heavy atom. The first-order valence-corrected chi connectivity index (χ1v) is 5.16. The van der Waals surface area contributed by atoms with Crippen molar-refractivity contribution in [3.8, 4) is 0 Å². The first kappa shape index (κ1) is 12.4. The van der Waals surface area contributed by atoms with Crippen molar-refractivity contribution in [1.82, 2.24) is 5.32 Å². The predicted octanol–water partition coefficient (Wildman–Crippen LogP) is 2.77. The van der Waals surface area contributed by atoms with Crippen molar-refractivity contribution in [3.05, 3.63) is 45.3 Å². The summed E-state index contributed by atoms with van der Waals surface area (Å²) in [5, 5.41) is 6.67. The van der Waals surface area contributed by atoms with E-state index in [1.807, 2.05) is 0 Å². The zero-order chi connectivity index (χ0) is 11.8. The number of carbonyl (C=O) groups is 1. The summed E-state index contributed by atoms with van der Waals surface area (Å²) in [6, 6.07) is 6.64. The van der Waals surface area contributed by atoms with E-state index in [4.69, 9.17) is 17.1 Å². The lowest BCUT2D eigenvalue weighted by Crippen LogP contribution is -2.24. The fraction of sp³-hybridized carbons (Fsp3) is 0.300. The molecule has 0 aliphatic rings. The maximum Gasteiger partial charge on any atom is 0.251 e. The van der Waals surface area contributed by atoms with Gasteiger partial charge in [0.1, 0.15) is 0 Å². The highest BCUT2D eigenvalue weighted by molar-refractivity contribution is 6.30. The summed E-state index contributed by atoms with van der Waals surface area (Å²) >= 11 is 5.70. The van der Waals surface area contributed by atoms with Gasteiger partial charge in [0.2, 0.25) is 0 Å². The van der Waals surface area contributed by atoms with Gasteiger partial charge in [0.25, 0.3) is 5.91 Å². The molecule has 0 aromatic heterocycles. The lowest BCUT2D eigenvalue weighted by molar-refractivity contribution is 0.0953. The van der Waals surface area contributed by atoms with Crippen LogP contribution in [0.2, 0.25) is 5.02 Å². The van der Waals surface area contributed by atoms with E-state index < -0.39 is 0 Å². The van der Waals surface area contributed by atoms with Gasteiger partial charge < -0.3 is 5.32 Å². The van der Waals surface area contributed by atoms with Crippen LogP contribution in [0.5, 0.6) is 0 Å². The molecule has 0 saturated carbocycles. The Bertz CT molecular complexity index is 398. The number of hydrogen-bond donors (Lipinski definition) is 1. The monoisotopic (exact) mass is 238 g/mol. The van der Waals surface area contributed by atoms with Gasteiger partial charge in [0, 0.05) is 28.6 Å². The van der Waals surface area contributed by atoms with Crippen LogP contribution in [0, 0.1) is 0 Å². The van der Waals surface area contributed by atoms with Gasteiger partial charge in [-0.2, -0.15) is 0 Å². The molecule has 0 unspecified atom stereocenters. The summed E-state index contributed by atoms with van der Waals surface area (Å²) < 4.78 is 0. The number of benzene rings is 1. The molecule has 0 aliphatic carbocycles. The summed E-state index contributed by atoms with van der Waals surface area (Å²) in [4.78, 5) is 14.1. The molecular weight excluding hydrogens is 228 g/mol. The van der Waals surface area contributed by atoms with Crippen LogP contribution >= 0.6 is 11.6 Å². The Balaban J connectivity index is 2.35. The average molecular weight is 239 g/mol. The highest BCUT2D eigenvalue weighted by atomic mass is 35.5. The van der Waals surface area contributed by atoms with E-state index in [0.717, 1.165) is 0 Å². The molecule has 1 rings (SSSR count). The third-order valence-electron chi connectivity index (χ3n) is 1.89. The first-order valence-electron chi connectivity index (χ1n) is 4.78. The predicted molar refractivity (Wildman–Crippen MR) is 62.4 cm³/mol. The molecule has 1 N–H and O–H groups in total. The largest absolute Gasteiger partial charge is 0.352 e. The van der Waals surface area contributed by atoms with Crippen LogP contribution in [-0.4, -0.2) is 19.0 Å². The molecule has 0 bridgehead atoms. The third-order valence-corrected chi connectivity index (χ3v) is 2.14. The van der Waals surface area contributed by atoms with Gasteiger partial charge in [-0.15, -0.1) is 0 Å². The number of amides is 1. The van der Waals surface area contributed by atoms with Crippen molar-refractivity contribution in [1.29, 1.82) is 0 Å². The molecular formula is C10H11ClN4O. The lowest BCUT2D eigenvalue weighted by atomic mass is 10.2. The van der Waals surface area contributed by atoms with Crippen LogP contribution in [0.25, 0.3) is 10.4 Å². The zero-order valence-corrected chi connectivity index (χ0v) is 9.31. The Hall–Kier alpha value is -1.71. The second-order valence-corrected chi connectivity index (χ2v) is 3.51. The molecule has 16 heavy (non-hydrogen) atoms. The van der Waals surface area contributed by atoms with E-state index in [1.54, 1.807) is 24.3 Å². The topological polar surface area (TPSA) is 77.9 Å². The molecule has 0 fully saturated rings. The Labute approximate surface area is 98.0 Å². The summed E-state index contributed by atoms with van der Waals surface area (Å²) in [6.07, 6.45) is 0.628. The normalized spacial score (nSPS) is 9.31. The zero-order valence-electron chi connectivity index (χ0n) is 8.56. The number of halogens is 1. The highest BCUT2D eigenvalue weighted by Gasteiger charge is 2.03. The van der Waals surface area contributed by atoms with Crippen molar-refractivity contribution in [3.63, 3.8) is 0 Å². The smallest absolute Gasteiger partial charge is 0.251 e. The maximum absolute atomic E-state index is 11.5. The van der Waals surface area contributed by atoms with Gasteiger partial charge in [0.05, 0.1) is 0 Å². The van der Waals surface area contributed by atoms with Crippen LogP contribution in [0.1, 0.15) is 16.8 Å².